The SMILES string of the molecule is N#Cc1ccc2nc(-c3ccc4nc(-c5ccc6nc[nH]c6c5)[nH]c4c3)[nH]c2c1. The zero-order valence-electron chi connectivity index (χ0n) is 15.1. The van der Waals surface area contributed by atoms with Crippen LogP contribution in [0.2, 0.25) is 0 Å². The number of nitrogens with one attached hydrogen (secondary N) is 3. The Bertz CT molecular complexity index is 1580. The van der Waals surface area contributed by atoms with E-state index in [1.807, 2.05) is 48.5 Å². The van der Waals surface area contributed by atoms with Gasteiger partial charge in [0.05, 0.1) is 51.1 Å². The Hall–Kier alpha value is -4.44. The van der Waals surface area contributed by atoms with Gasteiger partial charge in [0.15, 0.2) is 0 Å². The molecular weight excluding hydrogens is 362 g/mol. The molecule has 6 aromatic rings. The maximum absolute atomic E-state index is 9.08. The summed E-state index contributed by atoms with van der Waals surface area (Å²) in [6.07, 6.45) is 1.69. The van der Waals surface area contributed by atoms with Crippen LogP contribution in [-0.2, 0) is 0 Å². The molecule has 0 aliphatic heterocycles. The van der Waals surface area contributed by atoms with Crippen molar-refractivity contribution in [3.05, 3.63) is 66.5 Å². The topological polar surface area (TPSA) is 110 Å². The van der Waals surface area contributed by atoms with Crippen molar-refractivity contribution < 1.29 is 0 Å². The van der Waals surface area contributed by atoms with E-state index in [-0.39, 0.29) is 0 Å². The standard InChI is InChI=1S/C22H13N7/c23-10-12-1-4-16-19(7-12)28-22(26-16)14-3-6-17-20(9-14)29-21(27-17)13-2-5-15-18(8-13)25-11-24-15/h1-9,11H,(H,24,25)(H,26,28)(H,27,29). The van der Waals surface area contributed by atoms with Crippen molar-refractivity contribution >= 4 is 33.1 Å². The normalized spacial score (nSPS) is 11.4. The largest absolute Gasteiger partial charge is 0.345 e. The van der Waals surface area contributed by atoms with Gasteiger partial charge in [-0.2, -0.15) is 5.26 Å². The lowest BCUT2D eigenvalue weighted by atomic mass is 10.2. The third kappa shape index (κ3) is 2.47. The monoisotopic (exact) mass is 375 g/mol. The van der Waals surface area contributed by atoms with E-state index in [0.29, 0.717) is 5.56 Å². The first-order chi connectivity index (χ1) is 14.3. The summed E-state index contributed by atoms with van der Waals surface area (Å²) in [5.74, 6) is 1.56. The van der Waals surface area contributed by atoms with Gasteiger partial charge < -0.3 is 15.0 Å². The van der Waals surface area contributed by atoms with Crippen LogP contribution >= 0.6 is 0 Å². The van der Waals surface area contributed by atoms with Crippen molar-refractivity contribution in [2.24, 2.45) is 0 Å². The van der Waals surface area contributed by atoms with Gasteiger partial charge in [0.25, 0.3) is 0 Å². The quantitative estimate of drug-likeness (QED) is 0.413. The fourth-order valence-corrected chi connectivity index (χ4v) is 3.59. The second-order valence-electron chi connectivity index (χ2n) is 6.88. The van der Waals surface area contributed by atoms with Gasteiger partial charge in [-0.1, -0.05) is 0 Å². The molecule has 3 aromatic heterocycles. The van der Waals surface area contributed by atoms with E-state index >= 15 is 0 Å². The summed E-state index contributed by atoms with van der Waals surface area (Å²) in [6, 6.07) is 19.6. The maximum atomic E-state index is 9.08. The third-order valence-corrected chi connectivity index (χ3v) is 5.06. The molecule has 0 radical (unpaired) electrons. The predicted molar refractivity (Wildman–Crippen MR) is 111 cm³/mol. The molecule has 0 unspecified atom stereocenters. The molecule has 0 atom stereocenters. The van der Waals surface area contributed by atoms with Crippen LogP contribution in [-0.4, -0.2) is 29.9 Å². The van der Waals surface area contributed by atoms with E-state index in [1.54, 1.807) is 12.4 Å². The van der Waals surface area contributed by atoms with Crippen LogP contribution in [0.4, 0.5) is 0 Å². The molecule has 29 heavy (non-hydrogen) atoms. The number of fused-ring (bicyclic) bond motifs is 3. The van der Waals surface area contributed by atoms with Crippen molar-refractivity contribution in [2.45, 2.75) is 0 Å². The molecule has 0 aliphatic carbocycles. The minimum absolute atomic E-state index is 0.607. The average Bonchev–Trinajstić information content (AvgIpc) is 3.48. The van der Waals surface area contributed by atoms with E-state index in [1.165, 1.54) is 0 Å². The number of aromatic nitrogens is 6. The second-order valence-corrected chi connectivity index (χ2v) is 6.88. The van der Waals surface area contributed by atoms with Crippen LogP contribution in [0.15, 0.2) is 60.9 Å². The van der Waals surface area contributed by atoms with Crippen molar-refractivity contribution in [3.63, 3.8) is 0 Å². The lowest BCUT2D eigenvalue weighted by Gasteiger charge is -1.96. The Balaban J connectivity index is 1.44. The molecule has 6 rings (SSSR count). The minimum atomic E-state index is 0.607. The van der Waals surface area contributed by atoms with E-state index in [2.05, 4.69) is 31.0 Å². The summed E-state index contributed by atoms with van der Waals surface area (Å²) in [5.41, 5.74) is 7.94. The second kappa shape index (κ2) is 5.78. The van der Waals surface area contributed by atoms with Gasteiger partial charge >= 0.3 is 0 Å². The molecule has 0 saturated carbocycles. The lowest BCUT2D eigenvalue weighted by Crippen LogP contribution is -1.81. The van der Waals surface area contributed by atoms with E-state index in [9.17, 15) is 0 Å². The van der Waals surface area contributed by atoms with Gasteiger partial charge in [-0.15, -0.1) is 0 Å². The predicted octanol–water partition coefficient (Wildman–Crippen LogP) is 4.52. The van der Waals surface area contributed by atoms with Crippen LogP contribution in [0.5, 0.6) is 0 Å². The molecule has 136 valence electrons. The average molecular weight is 375 g/mol. The number of hydrogen-bond donors (Lipinski definition) is 3. The first-order valence-corrected chi connectivity index (χ1v) is 9.10. The molecule has 0 spiro atoms. The number of benzene rings is 3. The van der Waals surface area contributed by atoms with Crippen molar-refractivity contribution in [1.82, 2.24) is 29.9 Å². The highest BCUT2D eigenvalue weighted by atomic mass is 14.9. The number of imidazole rings is 3. The molecule has 3 N–H and O–H groups in total. The van der Waals surface area contributed by atoms with E-state index in [0.717, 1.165) is 55.9 Å². The molecule has 7 heteroatoms. The number of hydrogen-bond acceptors (Lipinski definition) is 4. The number of rotatable bonds is 2. The molecule has 0 saturated heterocycles. The van der Waals surface area contributed by atoms with E-state index < -0.39 is 0 Å². The first-order valence-electron chi connectivity index (χ1n) is 9.10. The van der Waals surface area contributed by atoms with Crippen LogP contribution in [0.1, 0.15) is 5.56 Å². The zero-order valence-corrected chi connectivity index (χ0v) is 15.1. The molecule has 0 aliphatic rings. The van der Waals surface area contributed by atoms with Gasteiger partial charge in [0.1, 0.15) is 11.6 Å². The highest BCUT2D eigenvalue weighted by Crippen LogP contribution is 2.27. The summed E-state index contributed by atoms with van der Waals surface area (Å²) in [6.45, 7) is 0. The maximum Gasteiger partial charge on any atom is 0.138 e. The Labute approximate surface area is 164 Å². The molecule has 0 bridgehead atoms. The highest BCUT2D eigenvalue weighted by Gasteiger charge is 2.11. The Kier molecular flexibility index (Phi) is 3.11. The van der Waals surface area contributed by atoms with Crippen molar-refractivity contribution in [3.8, 4) is 28.8 Å². The Morgan fingerprint density at radius 2 is 1.31 bits per heavy atom. The van der Waals surface area contributed by atoms with Crippen LogP contribution in [0.25, 0.3) is 55.9 Å². The molecule has 0 amide bonds. The number of nitriles is 1. The third-order valence-electron chi connectivity index (χ3n) is 5.06. The van der Waals surface area contributed by atoms with Gasteiger partial charge in [0, 0.05) is 11.1 Å². The number of nitrogens with zero attached hydrogens (tertiary/aromatic N) is 4. The number of H-pyrrole nitrogens is 3. The molecule has 0 fully saturated rings. The zero-order chi connectivity index (χ0) is 19.4. The summed E-state index contributed by atoms with van der Waals surface area (Å²) in [4.78, 5) is 23.5. The summed E-state index contributed by atoms with van der Waals surface area (Å²) < 4.78 is 0. The van der Waals surface area contributed by atoms with Crippen molar-refractivity contribution in [2.75, 3.05) is 0 Å². The summed E-state index contributed by atoms with van der Waals surface area (Å²) in [7, 11) is 0. The fraction of sp³-hybridized carbons (Fsp3) is 0. The molecule has 7 nitrogen and oxygen atoms in total. The molecule has 3 heterocycles. The van der Waals surface area contributed by atoms with Gasteiger partial charge in [0.2, 0.25) is 0 Å². The highest BCUT2D eigenvalue weighted by molar-refractivity contribution is 5.87. The van der Waals surface area contributed by atoms with Gasteiger partial charge in [-0.3, -0.25) is 0 Å². The Morgan fingerprint density at radius 1 is 0.690 bits per heavy atom. The fourth-order valence-electron chi connectivity index (χ4n) is 3.59. The van der Waals surface area contributed by atoms with Crippen LogP contribution < -0.4 is 0 Å². The van der Waals surface area contributed by atoms with Crippen LogP contribution in [0.3, 0.4) is 0 Å². The van der Waals surface area contributed by atoms with Crippen molar-refractivity contribution in [1.29, 1.82) is 5.26 Å². The van der Waals surface area contributed by atoms with Gasteiger partial charge in [-0.25, -0.2) is 15.0 Å². The van der Waals surface area contributed by atoms with E-state index in [4.69, 9.17) is 10.2 Å². The minimum Gasteiger partial charge on any atom is -0.345 e. The summed E-state index contributed by atoms with van der Waals surface area (Å²) >= 11 is 0. The Morgan fingerprint density at radius 3 is 2.03 bits per heavy atom. The smallest absolute Gasteiger partial charge is 0.138 e. The van der Waals surface area contributed by atoms with Crippen LogP contribution in [0, 0.1) is 11.3 Å². The van der Waals surface area contributed by atoms with Gasteiger partial charge in [-0.05, 0) is 54.6 Å². The molecular formula is C22H13N7. The summed E-state index contributed by atoms with van der Waals surface area (Å²) in [5, 5.41) is 9.08. The number of aromatic amines is 3. The first kappa shape index (κ1) is 15.6. The lowest BCUT2D eigenvalue weighted by molar-refractivity contribution is 1.33. The molecule has 3 aromatic carbocycles.